The molecule has 0 fully saturated rings. The molecule has 0 radical (unpaired) electrons. The van der Waals surface area contributed by atoms with Crippen LogP contribution in [0, 0.1) is 0 Å². The van der Waals surface area contributed by atoms with Gasteiger partial charge in [0.2, 0.25) is 0 Å². The third kappa shape index (κ3) is 3.48. The molecule has 0 unspecified atom stereocenters. The Kier molecular flexibility index (Phi) is 3.96. The summed E-state index contributed by atoms with van der Waals surface area (Å²) in [5, 5.41) is 8.88. The highest BCUT2D eigenvalue weighted by Crippen LogP contribution is 2.18. The van der Waals surface area contributed by atoms with Crippen LogP contribution in [0.3, 0.4) is 0 Å². The lowest BCUT2D eigenvalue weighted by Crippen LogP contribution is -2.48. The average molecular weight is 250 g/mol. The molecule has 5 nitrogen and oxygen atoms in total. The van der Waals surface area contributed by atoms with Gasteiger partial charge in [-0.3, -0.25) is 9.59 Å². The van der Waals surface area contributed by atoms with E-state index >= 15 is 0 Å². The number of nitrogens with two attached hydrogens (primary N) is 1. The van der Waals surface area contributed by atoms with Gasteiger partial charge in [-0.05, 0) is 39.0 Å². The Balaban J connectivity index is 3.06. The normalized spacial score (nSPS) is 11.1. The number of benzene rings is 1. The van der Waals surface area contributed by atoms with E-state index in [9.17, 15) is 9.59 Å². The van der Waals surface area contributed by atoms with E-state index < -0.39 is 11.5 Å². The van der Waals surface area contributed by atoms with Gasteiger partial charge in [0.25, 0.3) is 5.91 Å². The molecule has 0 aliphatic carbocycles. The Morgan fingerprint density at radius 3 is 2.39 bits per heavy atom. The summed E-state index contributed by atoms with van der Waals surface area (Å²) in [7, 11) is 0. The lowest BCUT2D eigenvalue weighted by Gasteiger charge is -2.34. The minimum absolute atomic E-state index is 0.336. The standard InChI is InChI=1S/C13H18N2O3/c1-13(2,3)15(8-11(16)17)12(18)9-5-4-6-10(14)7-9/h4-7H,8,14H2,1-3H3,(H,16,17). The zero-order chi connectivity index (χ0) is 13.9. The highest BCUT2D eigenvalue weighted by Gasteiger charge is 2.29. The topological polar surface area (TPSA) is 83.6 Å². The first-order chi connectivity index (χ1) is 8.21. The molecule has 0 bridgehead atoms. The number of amides is 1. The van der Waals surface area contributed by atoms with Crippen molar-refractivity contribution in [3.8, 4) is 0 Å². The first-order valence-corrected chi connectivity index (χ1v) is 5.61. The average Bonchev–Trinajstić information content (AvgIpc) is 2.23. The Morgan fingerprint density at radius 2 is 1.94 bits per heavy atom. The molecule has 3 N–H and O–H groups in total. The zero-order valence-electron chi connectivity index (χ0n) is 10.8. The van der Waals surface area contributed by atoms with Crippen molar-refractivity contribution in [1.29, 1.82) is 0 Å². The molecule has 1 aromatic rings. The number of nitrogens with zero attached hydrogens (tertiary/aromatic N) is 1. The van der Waals surface area contributed by atoms with Crippen molar-refractivity contribution in [2.75, 3.05) is 12.3 Å². The van der Waals surface area contributed by atoms with Gasteiger partial charge in [-0.1, -0.05) is 6.07 Å². The van der Waals surface area contributed by atoms with Gasteiger partial charge in [-0.2, -0.15) is 0 Å². The largest absolute Gasteiger partial charge is 0.480 e. The minimum atomic E-state index is -1.04. The third-order valence-corrected chi connectivity index (χ3v) is 2.48. The smallest absolute Gasteiger partial charge is 0.323 e. The number of anilines is 1. The van der Waals surface area contributed by atoms with E-state index in [1.165, 1.54) is 4.90 Å². The van der Waals surface area contributed by atoms with Gasteiger partial charge in [-0.15, -0.1) is 0 Å². The number of aliphatic carboxylic acids is 1. The maximum Gasteiger partial charge on any atom is 0.323 e. The minimum Gasteiger partial charge on any atom is -0.480 e. The van der Waals surface area contributed by atoms with E-state index in [0.717, 1.165) is 0 Å². The fourth-order valence-electron chi connectivity index (χ4n) is 1.58. The molecule has 0 aliphatic rings. The van der Waals surface area contributed by atoms with Crippen molar-refractivity contribution in [2.45, 2.75) is 26.3 Å². The second-order valence-electron chi connectivity index (χ2n) is 5.08. The quantitative estimate of drug-likeness (QED) is 0.798. The molecule has 1 aromatic carbocycles. The molecular weight excluding hydrogens is 232 g/mol. The van der Waals surface area contributed by atoms with E-state index in [0.29, 0.717) is 11.3 Å². The van der Waals surface area contributed by atoms with Crippen molar-refractivity contribution in [3.05, 3.63) is 29.8 Å². The summed E-state index contributed by atoms with van der Waals surface area (Å²) in [5.41, 5.74) is 5.92. The third-order valence-electron chi connectivity index (χ3n) is 2.48. The van der Waals surface area contributed by atoms with Crippen LogP contribution >= 0.6 is 0 Å². The van der Waals surface area contributed by atoms with Gasteiger partial charge in [0.05, 0.1) is 0 Å². The van der Waals surface area contributed by atoms with Gasteiger partial charge in [0, 0.05) is 16.8 Å². The number of nitrogen functional groups attached to an aromatic ring is 1. The van der Waals surface area contributed by atoms with Crippen LogP contribution in [0.2, 0.25) is 0 Å². The number of hydrogen-bond donors (Lipinski definition) is 2. The molecule has 5 heteroatoms. The van der Waals surface area contributed by atoms with Gasteiger partial charge in [-0.25, -0.2) is 0 Å². The van der Waals surface area contributed by atoms with E-state index in [-0.39, 0.29) is 12.5 Å². The fraction of sp³-hybridized carbons (Fsp3) is 0.385. The Bertz CT molecular complexity index is 464. The molecule has 1 amide bonds. The van der Waals surface area contributed by atoms with E-state index in [1.54, 1.807) is 45.0 Å². The van der Waals surface area contributed by atoms with Gasteiger partial charge in [0.1, 0.15) is 6.54 Å². The predicted octanol–water partition coefficient (Wildman–Crippen LogP) is 1.59. The van der Waals surface area contributed by atoms with Crippen molar-refractivity contribution in [3.63, 3.8) is 0 Å². The van der Waals surface area contributed by atoms with Crippen LogP contribution in [0.4, 0.5) is 5.69 Å². The summed E-state index contributed by atoms with van der Waals surface area (Å²) < 4.78 is 0. The molecule has 1 rings (SSSR count). The van der Waals surface area contributed by atoms with Crippen molar-refractivity contribution < 1.29 is 14.7 Å². The summed E-state index contributed by atoms with van der Waals surface area (Å²) in [6.45, 7) is 5.04. The predicted molar refractivity (Wildman–Crippen MR) is 69.3 cm³/mol. The van der Waals surface area contributed by atoms with E-state index in [1.807, 2.05) is 0 Å². The number of carbonyl (C=O) groups excluding carboxylic acids is 1. The van der Waals surface area contributed by atoms with Gasteiger partial charge >= 0.3 is 5.97 Å². The molecule has 98 valence electrons. The summed E-state index contributed by atoms with van der Waals surface area (Å²) in [6.07, 6.45) is 0. The number of carboxylic acids is 1. The Labute approximate surface area is 106 Å². The van der Waals surface area contributed by atoms with Crippen LogP contribution in [0.15, 0.2) is 24.3 Å². The number of rotatable bonds is 3. The summed E-state index contributed by atoms with van der Waals surface area (Å²) in [6, 6.07) is 6.52. The van der Waals surface area contributed by atoms with Gasteiger partial charge < -0.3 is 15.7 Å². The highest BCUT2D eigenvalue weighted by molar-refractivity contribution is 5.97. The van der Waals surface area contributed by atoms with Crippen molar-refractivity contribution in [1.82, 2.24) is 4.90 Å². The second-order valence-corrected chi connectivity index (χ2v) is 5.08. The Morgan fingerprint density at radius 1 is 1.33 bits per heavy atom. The molecule has 0 spiro atoms. The summed E-state index contributed by atoms with van der Waals surface area (Å²) in [4.78, 5) is 24.4. The number of carbonyl (C=O) groups is 2. The van der Waals surface area contributed by atoms with Crippen LogP contribution < -0.4 is 5.73 Å². The van der Waals surface area contributed by atoms with Crippen LogP contribution in [-0.2, 0) is 4.79 Å². The lowest BCUT2D eigenvalue weighted by molar-refractivity contribution is -0.138. The SMILES string of the molecule is CC(C)(C)N(CC(=O)O)C(=O)c1cccc(N)c1. The Hall–Kier alpha value is -2.04. The summed E-state index contributed by atoms with van der Waals surface area (Å²) >= 11 is 0. The highest BCUT2D eigenvalue weighted by atomic mass is 16.4. The lowest BCUT2D eigenvalue weighted by atomic mass is 10.0. The first kappa shape index (κ1) is 14.0. The maximum atomic E-state index is 12.3. The number of hydrogen-bond acceptors (Lipinski definition) is 3. The van der Waals surface area contributed by atoms with E-state index in [4.69, 9.17) is 10.8 Å². The molecule has 0 heterocycles. The van der Waals surface area contributed by atoms with Crippen molar-refractivity contribution >= 4 is 17.6 Å². The molecule has 18 heavy (non-hydrogen) atoms. The maximum absolute atomic E-state index is 12.3. The van der Waals surface area contributed by atoms with Gasteiger partial charge in [0.15, 0.2) is 0 Å². The first-order valence-electron chi connectivity index (χ1n) is 5.61. The molecular formula is C13H18N2O3. The monoisotopic (exact) mass is 250 g/mol. The molecule has 0 saturated carbocycles. The molecule has 0 aliphatic heterocycles. The molecule has 0 saturated heterocycles. The summed E-state index contributed by atoms with van der Waals surface area (Å²) in [5.74, 6) is -1.38. The van der Waals surface area contributed by atoms with Crippen LogP contribution in [0.1, 0.15) is 31.1 Å². The van der Waals surface area contributed by atoms with E-state index in [2.05, 4.69) is 0 Å². The van der Waals surface area contributed by atoms with Crippen LogP contribution in [0.25, 0.3) is 0 Å². The number of carboxylic acid groups (broad SMARTS) is 1. The molecule has 0 atom stereocenters. The van der Waals surface area contributed by atoms with Crippen LogP contribution in [0.5, 0.6) is 0 Å². The van der Waals surface area contributed by atoms with Crippen molar-refractivity contribution in [2.24, 2.45) is 0 Å². The zero-order valence-corrected chi connectivity index (χ0v) is 10.8. The van der Waals surface area contributed by atoms with Crippen LogP contribution in [-0.4, -0.2) is 34.0 Å². The molecule has 0 aromatic heterocycles. The second kappa shape index (κ2) is 5.08. The fourth-order valence-corrected chi connectivity index (χ4v) is 1.58.